The van der Waals surface area contributed by atoms with Gasteiger partial charge in [0.2, 0.25) is 0 Å². The van der Waals surface area contributed by atoms with Crippen LogP contribution in [0.15, 0.2) is 30.3 Å². The molecule has 1 aromatic carbocycles. The maximum atomic E-state index is 12.2. The van der Waals surface area contributed by atoms with Crippen LogP contribution < -0.4 is 0 Å². The van der Waals surface area contributed by atoms with Crippen LogP contribution in [0.2, 0.25) is 0 Å². The number of ether oxygens (including phenoxy) is 1. The number of aliphatic hydroxyl groups is 1. The quantitative estimate of drug-likeness (QED) is 0.904. The van der Waals surface area contributed by atoms with E-state index in [2.05, 4.69) is 0 Å². The third-order valence-electron chi connectivity index (χ3n) is 3.69. The Labute approximate surface area is 120 Å². The van der Waals surface area contributed by atoms with E-state index < -0.39 is 6.10 Å². The highest BCUT2D eigenvalue weighted by Crippen LogP contribution is 2.33. The van der Waals surface area contributed by atoms with E-state index >= 15 is 0 Å². The second-order valence-electron chi connectivity index (χ2n) is 6.40. The molecule has 1 aromatic rings. The molecule has 1 heterocycles. The van der Waals surface area contributed by atoms with E-state index in [-0.39, 0.29) is 24.2 Å². The molecule has 0 aromatic heterocycles. The monoisotopic (exact) mass is 277 g/mol. The van der Waals surface area contributed by atoms with Gasteiger partial charge >= 0.3 is 6.09 Å². The number of aliphatic hydroxyl groups excluding tert-OH is 1. The van der Waals surface area contributed by atoms with E-state index in [4.69, 9.17) is 4.74 Å². The number of benzene rings is 1. The van der Waals surface area contributed by atoms with Crippen molar-refractivity contribution >= 4 is 6.09 Å². The van der Waals surface area contributed by atoms with Crippen molar-refractivity contribution in [3.63, 3.8) is 0 Å². The van der Waals surface area contributed by atoms with Gasteiger partial charge in [-0.3, -0.25) is 0 Å². The number of carbonyl (C=O) groups is 1. The molecule has 1 fully saturated rings. The molecule has 1 amide bonds. The molecule has 1 aliphatic rings. The first kappa shape index (κ1) is 14.9. The van der Waals surface area contributed by atoms with Crippen molar-refractivity contribution in [1.82, 2.24) is 4.90 Å². The first-order valence-electron chi connectivity index (χ1n) is 7.05. The molecule has 0 unspecified atom stereocenters. The van der Waals surface area contributed by atoms with E-state index in [0.29, 0.717) is 13.0 Å². The number of likely N-dealkylation sites (tertiary alicyclic amines) is 1. The predicted molar refractivity (Wildman–Crippen MR) is 77.2 cm³/mol. The molecule has 1 saturated heterocycles. The number of amides is 1. The first-order valence-corrected chi connectivity index (χ1v) is 7.05. The molecule has 1 aliphatic heterocycles. The van der Waals surface area contributed by atoms with Crippen LogP contribution in [0, 0.1) is 5.41 Å². The molecule has 110 valence electrons. The summed E-state index contributed by atoms with van der Waals surface area (Å²) in [6, 6.07) is 9.42. The number of hydrogen-bond acceptors (Lipinski definition) is 3. The Morgan fingerprint density at radius 3 is 2.60 bits per heavy atom. The molecule has 0 radical (unpaired) electrons. The fourth-order valence-electron chi connectivity index (χ4n) is 2.83. The first-order chi connectivity index (χ1) is 9.39. The van der Waals surface area contributed by atoms with Crippen molar-refractivity contribution in [3.05, 3.63) is 35.9 Å². The normalized spacial score (nSPS) is 22.9. The summed E-state index contributed by atoms with van der Waals surface area (Å²) in [4.78, 5) is 13.9. The molecule has 4 heteroatoms. The maximum Gasteiger partial charge on any atom is 0.410 e. The standard InChI is InChI=1S/C16H23NO3/c1-16(2,3)14-13(18)9-10-17(14)15(19)20-11-12-7-5-4-6-8-12/h4-8,13-14,18H,9-11H2,1-3H3/t13-,14+/m1/s1. The third-order valence-corrected chi connectivity index (χ3v) is 3.69. The van der Waals surface area contributed by atoms with Gasteiger partial charge in [0.1, 0.15) is 6.61 Å². The van der Waals surface area contributed by atoms with E-state index in [0.717, 1.165) is 5.56 Å². The lowest BCUT2D eigenvalue weighted by Crippen LogP contribution is -2.47. The van der Waals surface area contributed by atoms with Gasteiger partial charge in [-0.2, -0.15) is 0 Å². The highest BCUT2D eigenvalue weighted by atomic mass is 16.6. The third kappa shape index (κ3) is 3.31. The van der Waals surface area contributed by atoms with Crippen molar-refractivity contribution in [2.45, 2.75) is 45.9 Å². The van der Waals surface area contributed by atoms with Gasteiger partial charge in [-0.25, -0.2) is 4.79 Å². The largest absolute Gasteiger partial charge is 0.445 e. The highest BCUT2D eigenvalue weighted by Gasteiger charge is 2.43. The van der Waals surface area contributed by atoms with Crippen LogP contribution in [0.1, 0.15) is 32.8 Å². The fourth-order valence-corrected chi connectivity index (χ4v) is 2.83. The summed E-state index contributed by atoms with van der Waals surface area (Å²) >= 11 is 0. The number of rotatable bonds is 2. The Morgan fingerprint density at radius 2 is 2.00 bits per heavy atom. The number of nitrogens with zero attached hydrogens (tertiary/aromatic N) is 1. The number of carbonyl (C=O) groups excluding carboxylic acids is 1. The molecule has 2 atom stereocenters. The lowest BCUT2D eigenvalue weighted by Gasteiger charge is -2.36. The molecular formula is C16H23NO3. The summed E-state index contributed by atoms with van der Waals surface area (Å²) in [5.41, 5.74) is 0.801. The summed E-state index contributed by atoms with van der Waals surface area (Å²) in [6.45, 7) is 6.91. The average Bonchev–Trinajstić information content (AvgIpc) is 2.79. The molecule has 0 spiro atoms. The smallest absolute Gasteiger partial charge is 0.410 e. The Kier molecular flexibility index (Phi) is 4.33. The topological polar surface area (TPSA) is 49.8 Å². The zero-order valence-electron chi connectivity index (χ0n) is 12.4. The SMILES string of the molecule is CC(C)(C)[C@@H]1[C@H](O)CCN1C(=O)OCc1ccccc1. The van der Waals surface area contributed by atoms with Gasteiger partial charge in [-0.05, 0) is 17.4 Å². The van der Waals surface area contributed by atoms with Crippen molar-refractivity contribution < 1.29 is 14.6 Å². The lowest BCUT2D eigenvalue weighted by molar-refractivity contribution is 0.0308. The van der Waals surface area contributed by atoms with Crippen LogP contribution in [0.3, 0.4) is 0 Å². The van der Waals surface area contributed by atoms with Crippen LogP contribution in [-0.4, -0.2) is 34.8 Å². The summed E-state index contributed by atoms with van der Waals surface area (Å²) in [6.07, 6.45) is -0.202. The van der Waals surface area contributed by atoms with Gasteiger partial charge in [0, 0.05) is 6.54 Å². The van der Waals surface area contributed by atoms with Gasteiger partial charge in [0.15, 0.2) is 0 Å². The molecule has 20 heavy (non-hydrogen) atoms. The second kappa shape index (κ2) is 5.83. The van der Waals surface area contributed by atoms with Gasteiger partial charge < -0.3 is 14.7 Å². The minimum Gasteiger partial charge on any atom is -0.445 e. The van der Waals surface area contributed by atoms with Gasteiger partial charge in [-0.15, -0.1) is 0 Å². The predicted octanol–water partition coefficient (Wildman–Crippen LogP) is 2.80. The molecule has 0 saturated carbocycles. The Bertz CT molecular complexity index is 453. The lowest BCUT2D eigenvalue weighted by atomic mass is 9.84. The maximum absolute atomic E-state index is 12.2. The van der Waals surface area contributed by atoms with E-state index in [1.807, 2.05) is 51.1 Å². The summed E-state index contributed by atoms with van der Waals surface area (Å²) < 4.78 is 5.36. The van der Waals surface area contributed by atoms with Gasteiger partial charge in [-0.1, -0.05) is 51.1 Å². The molecular weight excluding hydrogens is 254 g/mol. The van der Waals surface area contributed by atoms with Crippen LogP contribution >= 0.6 is 0 Å². The second-order valence-corrected chi connectivity index (χ2v) is 6.40. The van der Waals surface area contributed by atoms with Gasteiger partial charge in [0.25, 0.3) is 0 Å². The molecule has 0 bridgehead atoms. The summed E-state index contributed by atoms with van der Waals surface area (Å²) in [5, 5.41) is 10.1. The Morgan fingerprint density at radius 1 is 1.35 bits per heavy atom. The van der Waals surface area contributed by atoms with Crippen molar-refractivity contribution in [3.8, 4) is 0 Å². The number of hydrogen-bond donors (Lipinski definition) is 1. The molecule has 2 rings (SSSR count). The Balaban J connectivity index is 1.98. The minimum atomic E-state index is -0.473. The zero-order valence-corrected chi connectivity index (χ0v) is 12.4. The van der Waals surface area contributed by atoms with Crippen LogP contribution in [0.5, 0.6) is 0 Å². The van der Waals surface area contributed by atoms with Crippen LogP contribution in [0.4, 0.5) is 4.79 Å². The van der Waals surface area contributed by atoms with E-state index in [9.17, 15) is 9.90 Å². The van der Waals surface area contributed by atoms with E-state index in [1.165, 1.54) is 0 Å². The van der Waals surface area contributed by atoms with Crippen LogP contribution in [0.25, 0.3) is 0 Å². The molecule has 1 N–H and O–H groups in total. The minimum absolute atomic E-state index is 0.165. The molecule has 4 nitrogen and oxygen atoms in total. The van der Waals surface area contributed by atoms with Gasteiger partial charge in [0.05, 0.1) is 12.1 Å². The highest BCUT2D eigenvalue weighted by molar-refractivity contribution is 5.68. The van der Waals surface area contributed by atoms with E-state index in [1.54, 1.807) is 4.90 Å². The Hall–Kier alpha value is -1.55. The van der Waals surface area contributed by atoms with Crippen LogP contribution in [-0.2, 0) is 11.3 Å². The molecule has 0 aliphatic carbocycles. The summed E-state index contributed by atoms with van der Waals surface area (Å²) in [5.74, 6) is 0. The average molecular weight is 277 g/mol. The van der Waals surface area contributed by atoms with Crippen molar-refractivity contribution in [2.75, 3.05) is 6.54 Å². The summed E-state index contributed by atoms with van der Waals surface area (Å²) in [7, 11) is 0. The van der Waals surface area contributed by atoms with Crippen molar-refractivity contribution in [2.24, 2.45) is 5.41 Å². The zero-order chi connectivity index (χ0) is 14.8. The fraction of sp³-hybridized carbons (Fsp3) is 0.562. The van der Waals surface area contributed by atoms with Crippen molar-refractivity contribution in [1.29, 1.82) is 0 Å².